The summed E-state index contributed by atoms with van der Waals surface area (Å²) in [4.78, 5) is 11.8. The fourth-order valence-corrected chi connectivity index (χ4v) is 2.94. The van der Waals surface area contributed by atoms with Gasteiger partial charge in [0, 0.05) is 14.1 Å². The standard InChI is InChI=1S/C15H11BrINO/c16-12-7-8-14(13(17)10-12)18-15(19)9-6-11-4-2-1-3-5-11/h1-10H,(H,18,19). The van der Waals surface area contributed by atoms with Gasteiger partial charge in [-0.1, -0.05) is 46.3 Å². The second-order valence-corrected chi connectivity index (χ2v) is 5.94. The lowest BCUT2D eigenvalue weighted by molar-refractivity contribution is -0.111. The highest BCUT2D eigenvalue weighted by Crippen LogP contribution is 2.22. The SMILES string of the molecule is O=C(C=Cc1ccccc1)Nc1ccc(Br)cc1I. The molecule has 0 saturated heterocycles. The quantitative estimate of drug-likeness (QED) is 0.558. The lowest BCUT2D eigenvalue weighted by atomic mass is 10.2. The third-order valence-electron chi connectivity index (χ3n) is 2.42. The lowest BCUT2D eigenvalue weighted by Crippen LogP contribution is -2.08. The van der Waals surface area contributed by atoms with Crippen molar-refractivity contribution in [3.05, 3.63) is 68.2 Å². The summed E-state index contributed by atoms with van der Waals surface area (Å²) >= 11 is 5.58. The average Bonchev–Trinajstić information content (AvgIpc) is 2.41. The molecule has 2 aromatic carbocycles. The third kappa shape index (κ3) is 4.47. The number of nitrogens with one attached hydrogen (secondary N) is 1. The Hall–Kier alpha value is -1.14. The molecule has 96 valence electrons. The van der Waals surface area contributed by atoms with Gasteiger partial charge in [0.15, 0.2) is 0 Å². The first-order valence-corrected chi connectivity index (χ1v) is 7.51. The second-order valence-electron chi connectivity index (χ2n) is 3.86. The van der Waals surface area contributed by atoms with Gasteiger partial charge < -0.3 is 5.32 Å². The van der Waals surface area contributed by atoms with Gasteiger partial charge in [-0.3, -0.25) is 4.79 Å². The van der Waals surface area contributed by atoms with Gasteiger partial charge in [-0.05, 0) is 52.4 Å². The number of carbonyl (C=O) groups excluding carboxylic acids is 1. The molecular formula is C15H11BrINO. The van der Waals surface area contributed by atoms with Crippen LogP contribution in [0.2, 0.25) is 0 Å². The van der Waals surface area contributed by atoms with E-state index in [0.29, 0.717) is 0 Å². The van der Waals surface area contributed by atoms with E-state index in [1.165, 1.54) is 6.08 Å². The molecule has 0 unspecified atom stereocenters. The number of halogens is 2. The summed E-state index contributed by atoms with van der Waals surface area (Å²) in [5.74, 6) is -0.135. The first kappa shape index (κ1) is 14.3. The van der Waals surface area contributed by atoms with Crippen molar-refractivity contribution in [2.45, 2.75) is 0 Å². The van der Waals surface area contributed by atoms with Crippen LogP contribution in [0, 0.1) is 3.57 Å². The van der Waals surface area contributed by atoms with Crippen LogP contribution in [0.25, 0.3) is 6.08 Å². The number of benzene rings is 2. The van der Waals surface area contributed by atoms with Crippen LogP contribution in [-0.4, -0.2) is 5.91 Å². The molecule has 0 spiro atoms. The Morgan fingerprint density at radius 1 is 1.16 bits per heavy atom. The van der Waals surface area contributed by atoms with E-state index in [2.05, 4.69) is 43.8 Å². The Morgan fingerprint density at radius 3 is 2.58 bits per heavy atom. The van der Waals surface area contributed by atoms with Gasteiger partial charge in [-0.2, -0.15) is 0 Å². The Balaban J connectivity index is 2.04. The van der Waals surface area contributed by atoms with Gasteiger partial charge in [0.25, 0.3) is 0 Å². The molecule has 0 heterocycles. The molecule has 0 aliphatic carbocycles. The van der Waals surface area contributed by atoms with Gasteiger partial charge in [-0.25, -0.2) is 0 Å². The molecule has 2 aromatic rings. The van der Waals surface area contributed by atoms with Crippen LogP contribution >= 0.6 is 38.5 Å². The van der Waals surface area contributed by atoms with Gasteiger partial charge >= 0.3 is 0 Å². The minimum atomic E-state index is -0.135. The van der Waals surface area contributed by atoms with Gasteiger partial charge in [-0.15, -0.1) is 0 Å². The third-order valence-corrected chi connectivity index (χ3v) is 3.80. The summed E-state index contributed by atoms with van der Waals surface area (Å²) in [5.41, 5.74) is 1.81. The molecule has 1 amide bonds. The Kier molecular flexibility index (Phi) is 5.15. The van der Waals surface area contributed by atoms with Crippen LogP contribution in [0.3, 0.4) is 0 Å². The Morgan fingerprint density at radius 2 is 1.89 bits per heavy atom. The van der Waals surface area contributed by atoms with Crippen LogP contribution in [0.15, 0.2) is 59.1 Å². The number of hydrogen-bond acceptors (Lipinski definition) is 1. The first-order chi connectivity index (χ1) is 9.15. The maximum Gasteiger partial charge on any atom is 0.248 e. The van der Waals surface area contributed by atoms with E-state index < -0.39 is 0 Å². The molecule has 0 aromatic heterocycles. The van der Waals surface area contributed by atoms with Crippen LogP contribution in [0.4, 0.5) is 5.69 Å². The lowest BCUT2D eigenvalue weighted by Gasteiger charge is -2.05. The summed E-state index contributed by atoms with van der Waals surface area (Å²) in [6.07, 6.45) is 3.33. The molecule has 4 heteroatoms. The molecular weight excluding hydrogens is 417 g/mol. The maximum absolute atomic E-state index is 11.8. The molecule has 1 N–H and O–H groups in total. The van der Waals surface area contributed by atoms with Crippen LogP contribution in [0.5, 0.6) is 0 Å². The fourth-order valence-electron chi connectivity index (χ4n) is 1.50. The molecule has 2 rings (SSSR count). The summed E-state index contributed by atoms with van der Waals surface area (Å²) < 4.78 is 1.99. The molecule has 0 radical (unpaired) electrons. The summed E-state index contributed by atoms with van der Waals surface area (Å²) in [6.45, 7) is 0. The van der Waals surface area contributed by atoms with Crippen molar-refractivity contribution in [1.82, 2.24) is 0 Å². The summed E-state index contributed by atoms with van der Waals surface area (Å²) in [7, 11) is 0. The molecule has 0 aliphatic rings. The zero-order valence-corrected chi connectivity index (χ0v) is 13.7. The minimum absolute atomic E-state index is 0.135. The summed E-state index contributed by atoms with van der Waals surface area (Å²) in [5, 5.41) is 2.85. The van der Waals surface area contributed by atoms with Crippen molar-refractivity contribution < 1.29 is 4.79 Å². The van der Waals surface area contributed by atoms with Crippen molar-refractivity contribution >= 4 is 56.2 Å². The number of anilines is 1. The van der Waals surface area contributed by atoms with Crippen molar-refractivity contribution in [3.8, 4) is 0 Å². The van der Waals surface area contributed by atoms with Gasteiger partial charge in [0.2, 0.25) is 5.91 Å². The largest absolute Gasteiger partial charge is 0.322 e. The van der Waals surface area contributed by atoms with Crippen molar-refractivity contribution in [1.29, 1.82) is 0 Å². The second kappa shape index (κ2) is 6.86. The zero-order chi connectivity index (χ0) is 13.7. The molecule has 2 nitrogen and oxygen atoms in total. The van der Waals surface area contributed by atoms with Gasteiger partial charge in [0.1, 0.15) is 0 Å². The van der Waals surface area contributed by atoms with E-state index in [4.69, 9.17) is 0 Å². The zero-order valence-electron chi connectivity index (χ0n) is 9.94. The monoisotopic (exact) mass is 427 g/mol. The van der Waals surface area contributed by atoms with E-state index >= 15 is 0 Å². The van der Waals surface area contributed by atoms with E-state index in [1.54, 1.807) is 6.08 Å². The normalized spacial score (nSPS) is 10.6. The smallest absolute Gasteiger partial charge is 0.248 e. The van der Waals surface area contributed by atoms with Crippen LogP contribution < -0.4 is 5.32 Å². The minimum Gasteiger partial charge on any atom is -0.322 e. The average molecular weight is 428 g/mol. The number of rotatable bonds is 3. The van der Waals surface area contributed by atoms with Crippen LogP contribution in [-0.2, 0) is 4.79 Å². The van der Waals surface area contributed by atoms with Crippen molar-refractivity contribution in [3.63, 3.8) is 0 Å². The highest BCUT2D eigenvalue weighted by atomic mass is 127. The molecule has 0 bridgehead atoms. The van der Waals surface area contributed by atoms with E-state index in [1.807, 2.05) is 48.5 Å². The maximum atomic E-state index is 11.8. The number of hydrogen-bond donors (Lipinski definition) is 1. The topological polar surface area (TPSA) is 29.1 Å². The fraction of sp³-hybridized carbons (Fsp3) is 0. The highest BCUT2D eigenvalue weighted by molar-refractivity contribution is 14.1. The van der Waals surface area contributed by atoms with E-state index in [9.17, 15) is 4.79 Å². The predicted molar refractivity (Wildman–Crippen MR) is 91.0 cm³/mol. The molecule has 0 saturated carbocycles. The van der Waals surface area contributed by atoms with E-state index in [0.717, 1.165) is 19.3 Å². The van der Waals surface area contributed by atoms with Gasteiger partial charge in [0.05, 0.1) is 5.69 Å². The summed E-state index contributed by atoms with van der Waals surface area (Å²) in [6, 6.07) is 15.5. The predicted octanol–water partition coefficient (Wildman–Crippen LogP) is 4.71. The van der Waals surface area contributed by atoms with Crippen molar-refractivity contribution in [2.24, 2.45) is 0 Å². The molecule has 19 heavy (non-hydrogen) atoms. The Bertz CT molecular complexity index is 611. The molecule has 0 atom stereocenters. The number of amides is 1. The van der Waals surface area contributed by atoms with Crippen molar-refractivity contribution in [2.75, 3.05) is 5.32 Å². The highest BCUT2D eigenvalue weighted by Gasteiger charge is 2.02. The van der Waals surface area contributed by atoms with E-state index in [-0.39, 0.29) is 5.91 Å². The molecule has 0 fully saturated rings. The van der Waals surface area contributed by atoms with Crippen LogP contribution in [0.1, 0.15) is 5.56 Å². The molecule has 0 aliphatic heterocycles. The Labute approximate surface area is 134 Å². The number of carbonyl (C=O) groups is 1. The first-order valence-electron chi connectivity index (χ1n) is 5.64.